The van der Waals surface area contributed by atoms with Gasteiger partial charge in [0.1, 0.15) is 11.6 Å². The summed E-state index contributed by atoms with van der Waals surface area (Å²) in [5.41, 5.74) is 1.63. The monoisotopic (exact) mass is 219 g/mol. The molecular weight excluding hydrogens is 205 g/mol. The largest absolute Gasteiger partial charge is 0.342 e. The van der Waals surface area contributed by atoms with Crippen molar-refractivity contribution in [1.82, 2.24) is 15.3 Å². The zero-order valence-electron chi connectivity index (χ0n) is 9.13. The Labute approximate surface area is 93.1 Å². The lowest BCUT2D eigenvalue weighted by Gasteiger charge is -2.09. The SMILES string of the molecule is C[C@@H]1CNC[C@H]1c1nc2ccc(F)cc2[nH]1. The van der Waals surface area contributed by atoms with Gasteiger partial charge in [0.15, 0.2) is 0 Å². The number of imidazole rings is 1. The van der Waals surface area contributed by atoms with Crippen molar-refractivity contribution in [2.75, 3.05) is 13.1 Å². The Morgan fingerprint density at radius 3 is 3.00 bits per heavy atom. The van der Waals surface area contributed by atoms with Crippen molar-refractivity contribution in [2.45, 2.75) is 12.8 Å². The number of halogens is 1. The number of benzene rings is 1. The molecule has 1 aliphatic rings. The zero-order valence-corrected chi connectivity index (χ0v) is 9.13. The first-order valence-corrected chi connectivity index (χ1v) is 5.60. The van der Waals surface area contributed by atoms with Gasteiger partial charge in [0.25, 0.3) is 0 Å². The highest BCUT2D eigenvalue weighted by Gasteiger charge is 2.27. The van der Waals surface area contributed by atoms with E-state index in [1.807, 2.05) is 0 Å². The van der Waals surface area contributed by atoms with E-state index >= 15 is 0 Å². The van der Waals surface area contributed by atoms with E-state index in [4.69, 9.17) is 0 Å². The first-order chi connectivity index (χ1) is 7.74. The minimum atomic E-state index is -0.222. The highest BCUT2D eigenvalue weighted by molar-refractivity contribution is 5.75. The minimum absolute atomic E-state index is 0.222. The van der Waals surface area contributed by atoms with Crippen molar-refractivity contribution in [3.8, 4) is 0 Å². The number of hydrogen-bond acceptors (Lipinski definition) is 2. The molecule has 2 N–H and O–H groups in total. The van der Waals surface area contributed by atoms with Crippen LogP contribution >= 0.6 is 0 Å². The van der Waals surface area contributed by atoms with Gasteiger partial charge in [0.05, 0.1) is 11.0 Å². The molecule has 3 rings (SSSR count). The summed E-state index contributed by atoms with van der Waals surface area (Å²) in [5.74, 6) is 1.74. The maximum absolute atomic E-state index is 13.0. The predicted molar refractivity (Wildman–Crippen MR) is 60.8 cm³/mol. The number of aromatic nitrogens is 2. The maximum Gasteiger partial charge on any atom is 0.125 e. The Kier molecular flexibility index (Phi) is 2.17. The molecule has 0 bridgehead atoms. The van der Waals surface area contributed by atoms with Gasteiger partial charge in [-0.3, -0.25) is 0 Å². The first kappa shape index (κ1) is 9.78. The van der Waals surface area contributed by atoms with E-state index in [9.17, 15) is 4.39 Å². The normalized spacial score (nSPS) is 25.4. The van der Waals surface area contributed by atoms with Crippen molar-refractivity contribution in [3.05, 3.63) is 29.8 Å². The fourth-order valence-corrected chi connectivity index (χ4v) is 2.35. The zero-order chi connectivity index (χ0) is 11.1. The minimum Gasteiger partial charge on any atom is -0.342 e. The summed E-state index contributed by atoms with van der Waals surface area (Å²) < 4.78 is 13.0. The quantitative estimate of drug-likeness (QED) is 0.770. The Balaban J connectivity index is 2.04. The van der Waals surface area contributed by atoms with Crippen LogP contribution in [0.2, 0.25) is 0 Å². The first-order valence-electron chi connectivity index (χ1n) is 5.60. The van der Waals surface area contributed by atoms with Crippen molar-refractivity contribution < 1.29 is 4.39 Å². The molecule has 1 aliphatic heterocycles. The molecule has 0 saturated carbocycles. The van der Waals surface area contributed by atoms with Crippen LogP contribution in [0.15, 0.2) is 18.2 Å². The second-order valence-corrected chi connectivity index (χ2v) is 4.53. The molecule has 2 atom stereocenters. The third kappa shape index (κ3) is 1.50. The summed E-state index contributed by atoms with van der Waals surface area (Å²) in [5, 5.41) is 3.34. The van der Waals surface area contributed by atoms with Crippen LogP contribution < -0.4 is 5.32 Å². The van der Waals surface area contributed by atoms with E-state index in [-0.39, 0.29) is 5.82 Å². The number of nitrogens with zero attached hydrogens (tertiary/aromatic N) is 1. The van der Waals surface area contributed by atoms with E-state index in [0.29, 0.717) is 11.8 Å². The van der Waals surface area contributed by atoms with E-state index in [1.165, 1.54) is 12.1 Å². The van der Waals surface area contributed by atoms with Crippen molar-refractivity contribution in [2.24, 2.45) is 5.92 Å². The Bertz CT molecular complexity index is 520. The fraction of sp³-hybridized carbons (Fsp3) is 0.417. The summed E-state index contributed by atoms with van der Waals surface area (Å²) in [6.45, 7) is 4.18. The molecule has 2 aromatic rings. The molecule has 0 aliphatic carbocycles. The molecule has 3 nitrogen and oxygen atoms in total. The molecular formula is C12H14FN3. The Morgan fingerprint density at radius 2 is 2.25 bits per heavy atom. The van der Waals surface area contributed by atoms with Crippen LogP contribution in [0.3, 0.4) is 0 Å². The van der Waals surface area contributed by atoms with E-state index in [0.717, 1.165) is 29.9 Å². The molecule has 0 unspecified atom stereocenters. The van der Waals surface area contributed by atoms with Gasteiger partial charge < -0.3 is 10.3 Å². The number of fused-ring (bicyclic) bond motifs is 1. The molecule has 16 heavy (non-hydrogen) atoms. The lowest BCUT2D eigenvalue weighted by atomic mass is 9.98. The van der Waals surface area contributed by atoms with Crippen LogP contribution in [0.1, 0.15) is 18.7 Å². The molecule has 1 saturated heterocycles. The lowest BCUT2D eigenvalue weighted by molar-refractivity contribution is 0.551. The summed E-state index contributed by atoms with van der Waals surface area (Å²) >= 11 is 0. The van der Waals surface area contributed by atoms with E-state index < -0.39 is 0 Å². The maximum atomic E-state index is 13.0. The van der Waals surface area contributed by atoms with Gasteiger partial charge in [-0.25, -0.2) is 9.37 Å². The highest BCUT2D eigenvalue weighted by atomic mass is 19.1. The average Bonchev–Trinajstić information content (AvgIpc) is 2.82. The van der Waals surface area contributed by atoms with Gasteiger partial charge in [0, 0.05) is 12.5 Å². The standard InChI is InChI=1S/C12H14FN3/c1-7-5-14-6-9(7)12-15-10-3-2-8(13)4-11(10)16-12/h2-4,7,9,14H,5-6H2,1H3,(H,15,16)/t7-,9-/m1/s1. The van der Waals surface area contributed by atoms with Gasteiger partial charge in [-0.15, -0.1) is 0 Å². The second-order valence-electron chi connectivity index (χ2n) is 4.53. The van der Waals surface area contributed by atoms with E-state index in [2.05, 4.69) is 22.2 Å². The van der Waals surface area contributed by atoms with Crippen molar-refractivity contribution in [1.29, 1.82) is 0 Å². The van der Waals surface area contributed by atoms with Crippen LogP contribution in [0.5, 0.6) is 0 Å². The molecule has 1 fully saturated rings. The predicted octanol–water partition coefficient (Wildman–Crippen LogP) is 2.02. The van der Waals surface area contributed by atoms with Crippen LogP contribution in [-0.2, 0) is 0 Å². The Hall–Kier alpha value is -1.42. The third-order valence-corrected chi connectivity index (χ3v) is 3.33. The summed E-state index contributed by atoms with van der Waals surface area (Å²) in [7, 11) is 0. The molecule has 1 aromatic carbocycles. The van der Waals surface area contributed by atoms with Gasteiger partial charge in [0.2, 0.25) is 0 Å². The van der Waals surface area contributed by atoms with Gasteiger partial charge in [-0.1, -0.05) is 6.92 Å². The number of rotatable bonds is 1. The summed E-state index contributed by atoms with van der Waals surface area (Å²) in [6.07, 6.45) is 0. The van der Waals surface area contributed by atoms with Gasteiger partial charge in [-0.05, 0) is 30.7 Å². The molecule has 1 aromatic heterocycles. The molecule has 0 radical (unpaired) electrons. The van der Waals surface area contributed by atoms with Crippen LogP contribution in [0, 0.1) is 11.7 Å². The lowest BCUT2D eigenvalue weighted by Crippen LogP contribution is -2.09. The van der Waals surface area contributed by atoms with Crippen molar-refractivity contribution >= 4 is 11.0 Å². The van der Waals surface area contributed by atoms with Gasteiger partial charge >= 0.3 is 0 Å². The number of hydrogen-bond donors (Lipinski definition) is 2. The topological polar surface area (TPSA) is 40.7 Å². The molecule has 0 spiro atoms. The van der Waals surface area contributed by atoms with E-state index in [1.54, 1.807) is 6.07 Å². The molecule has 2 heterocycles. The Morgan fingerprint density at radius 1 is 1.38 bits per heavy atom. The van der Waals surface area contributed by atoms with Crippen LogP contribution in [0.4, 0.5) is 4.39 Å². The summed E-state index contributed by atoms with van der Waals surface area (Å²) in [6, 6.07) is 4.67. The fourth-order valence-electron chi connectivity index (χ4n) is 2.35. The molecule has 0 amide bonds. The number of nitrogens with one attached hydrogen (secondary N) is 2. The molecule has 4 heteroatoms. The third-order valence-electron chi connectivity index (χ3n) is 3.33. The molecule has 84 valence electrons. The number of aromatic amines is 1. The van der Waals surface area contributed by atoms with Crippen LogP contribution in [0.25, 0.3) is 11.0 Å². The number of H-pyrrole nitrogens is 1. The van der Waals surface area contributed by atoms with Crippen molar-refractivity contribution in [3.63, 3.8) is 0 Å². The van der Waals surface area contributed by atoms with Crippen LogP contribution in [-0.4, -0.2) is 23.1 Å². The smallest absolute Gasteiger partial charge is 0.125 e. The second kappa shape index (κ2) is 3.56. The summed E-state index contributed by atoms with van der Waals surface area (Å²) in [4.78, 5) is 7.74. The van der Waals surface area contributed by atoms with Gasteiger partial charge in [-0.2, -0.15) is 0 Å². The highest BCUT2D eigenvalue weighted by Crippen LogP contribution is 2.27. The average molecular weight is 219 g/mol.